The Morgan fingerprint density at radius 1 is 1.47 bits per heavy atom. The minimum absolute atomic E-state index is 0.0588. The van der Waals surface area contributed by atoms with Crippen molar-refractivity contribution in [2.75, 3.05) is 27.4 Å². The zero-order chi connectivity index (χ0) is 11.3. The molecule has 0 bridgehead atoms. The van der Waals surface area contributed by atoms with E-state index < -0.39 is 0 Å². The number of methoxy groups -OCH3 is 1. The Morgan fingerprint density at radius 2 is 2.07 bits per heavy atom. The zero-order valence-corrected chi connectivity index (χ0v) is 10.5. The van der Waals surface area contributed by atoms with E-state index in [0.717, 1.165) is 32.5 Å². The number of hydrogen-bond donors (Lipinski definition) is 1. The predicted octanol–water partition coefficient (Wildman–Crippen LogP) is 1.82. The van der Waals surface area contributed by atoms with Crippen LogP contribution in [0.5, 0.6) is 0 Å². The molecule has 1 fully saturated rings. The topological polar surface area (TPSA) is 30.5 Å². The van der Waals surface area contributed by atoms with E-state index >= 15 is 0 Å². The van der Waals surface area contributed by atoms with Gasteiger partial charge in [0.1, 0.15) is 0 Å². The Morgan fingerprint density at radius 3 is 2.47 bits per heavy atom. The molecule has 90 valence electrons. The molecule has 3 nitrogen and oxygen atoms in total. The van der Waals surface area contributed by atoms with E-state index in [-0.39, 0.29) is 5.60 Å². The fourth-order valence-corrected chi connectivity index (χ4v) is 2.58. The fraction of sp³-hybridized carbons (Fsp3) is 1.00. The molecule has 3 heteroatoms. The Hall–Kier alpha value is -0.120. The van der Waals surface area contributed by atoms with Gasteiger partial charge in [0.2, 0.25) is 0 Å². The van der Waals surface area contributed by atoms with Gasteiger partial charge in [-0.3, -0.25) is 0 Å². The second-order valence-electron chi connectivity index (χ2n) is 4.59. The zero-order valence-electron chi connectivity index (χ0n) is 10.5. The minimum Gasteiger partial charge on any atom is -0.381 e. The van der Waals surface area contributed by atoms with Crippen molar-refractivity contribution in [3.8, 4) is 0 Å². The molecule has 0 spiro atoms. The second-order valence-corrected chi connectivity index (χ2v) is 4.59. The highest BCUT2D eigenvalue weighted by Gasteiger charge is 2.37. The SMILES string of the molecule is CCC(C)(OC)C(NC)C1CCOCC1. The molecule has 2 atom stereocenters. The normalized spacial score (nSPS) is 24.8. The monoisotopic (exact) mass is 215 g/mol. The van der Waals surface area contributed by atoms with Gasteiger partial charge in [0.15, 0.2) is 0 Å². The first kappa shape index (κ1) is 12.9. The summed E-state index contributed by atoms with van der Waals surface area (Å²) in [5, 5.41) is 3.43. The van der Waals surface area contributed by atoms with Gasteiger partial charge in [-0.25, -0.2) is 0 Å². The number of likely N-dealkylation sites (N-methyl/N-ethyl adjacent to an activating group) is 1. The molecule has 2 unspecified atom stereocenters. The maximum absolute atomic E-state index is 5.69. The van der Waals surface area contributed by atoms with Gasteiger partial charge in [0.05, 0.1) is 5.60 Å². The number of hydrogen-bond acceptors (Lipinski definition) is 3. The lowest BCUT2D eigenvalue weighted by Crippen LogP contribution is -2.53. The van der Waals surface area contributed by atoms with Crippen LogP contribution in [-0.4, -0.2) is 39.0 Å². The van der Waals surface area contributed by atoms with Crippen molar-refractivity contribution < 1.29 is 9.47 Å². The fourth-order valence-electron chi connectivity index (χ4n) is 2.58. The first-order chi connectivity index (χ1) is 7.18. The van der Waals surface area contributed by atoms with E-state index in [1.165, 1.54) is 0 Å². The third-order valence-corrected chi connectivity index (χ3v) is 3.87. The van der Waals surface area contributed by atoms with E-state index in [4.69, 9.17) is 9.47 Å². The highest BCUT2D eigenvalue weighted by atomic mass is 16.5. The van der Waals surface area contributed by atoms with Gasteiger partial charge in [0, 0.05) is 26.4 Å². The van der Waals surface area contributed by atoms with Crippen molar-refractivity contribution >= 4 is 0 Å². The van der Waals surface area contributed by atoms with E-state index in [9.17, 15) is 0 Å². The summed E-state index contributed by atoms with van der Waals surface area (Å²) in [7, 11) is 3.85. The Kier molecular flexibility index (Phi) is 5.03. The van der Waals surface area contributed by atoms with Crippen LogP contribution in [0, 0.1) is 5.92 Å². The van der Waals surface area contributed by atoms with Crippen molar-refractivity contribution in [1.82, 2.24) is 5.32 Å². The lowest BCUT2D eigenvalue weighted by atomic mass is 9.80. The summed E-state index contributed by atoms with van der Waals surface area (Å²) < 4.78 is 11.1. The molecule has 15 heavy (non-hydrogen) atoms. The molecule has 1 aliphatic rings. The molecule has 0 amide bonds. The van der Waals surface area contributed by atoms with Gasteiger partial charge in [-0.05, 0) is 39.2 Å². The van der Waals surface area contributed by atoms with Crippen molar-refractivity contribution in [2.45, 2.75) is 44.8 Å². The van der Waals surface area contributed by atoms with Crippen LogP contribution in [0.3, 0.4) is 0 Å². The minimum atomic E-state index is -0.0588. The van der Waals surface area contributed by atoms with Crippen LogP contribution < -0.4 is 5.32 Å². The van der Waals surface area contributed by atoms with Crippen LogP contribution in [0.1, 0.15) is 33.1 Å². The molecule has 0 saturated carbocycles. The standard InChI is InChI=1S/C12H25NO2/c1-5-12(2,14-4)11(13-3)10-6-8-15-9-7-10/h10-11,13H,5-9H2,1-4H3. The van der Waals surface area contributed by atoms with Crippen LogP contribution in [0.2, 0.25) is 0 Å². The molecular formula is C12H25NO2. The molecule has 1 saturated heterocycles. The van der Waals surface area contributed by atoms with Gasteiger partial charge in [-0.2, -0.15) is 0 Å². The van der Waals surface area contributed by atoms with E-state index in [1.54, 1.807) is 0 Å². The molecule has 0 radical (unpaired) electrons. The van der Waals surface area contributed by atoms with Crippen molar-refractivity contribution in [2.24, 2.45) is 5.92 Å². The number of nitrogens with one attached hydrogen (secondary N) is 1. The first-order valence-corrected chi connectivity index (χ1v) is 5.98. The summed E-state index contributed by atoms with van der Waals surface area (Å²) in [6.45, 7) is 6.18. The molecule has 1 aliphatic heterocycles. The molecule has 1 rings (SSSR count). The Labute approximate surface area is 93.5 Å². The Balaban J connectivity index is 2.67. The van der Waals surface area contributed by atoms with Crippen molar-refractivity contribution in [1.29, 1.82) is 0 Å². The average Bonchev–Trinajstić information content (AvgIpc) is 2.31. The molecule has 0 aromatic rings. The maximum atomic E-state index is 5.69. The van der Waals surface area contributed by atoms with Gasteiger partial charge in [0.25, 0.3) is 0 Å². The summed E-state index contributed by atoms with van der Waals surface area (Å²) >= 11 is 0. The van der Waals surface area contributed by atoms with Gasteiger partial charge < -0.3 is 14.8 Å². The summed E-state index contributed by atoms with van der Waals surface area (Å²) in [5.41, 5.74) is -0.0588. The molecule has 0 aliphatic carbocycles. The smallest absolute Gasteiger partial charge is 0.0803 e. The highest BCUT2D eigenvalue weighted by Crippen LogP contribution is 2.30. The summed E-state index contributed by atoms with van der Waals surface area (Å²) in [4.78, 5) is 0. The van der Waals surface area contributed by atoms with Gasteiger partial charge in [-0.15, -0.1) is 0 Å². The van der Waals surface area contributed by atoms with Crippen LogP contribution in [0.15, 0.2) is 0 Å². The third-order valence-electron chi connectivity index (χ3n) is 3.87. The number of ether oxygens (including phenoxy) is 2. The molecule has 1 N–H and O–H groups in total. The summed E-state index contributed by atoms with van der Waals surface area (Å²) in [5.74, 6) is 0.675. The molecule has 1 heterocycles. The van der Waals surface area contributed by atoms with Crippen LogP contribution in [0.25, 0.3) is 0 Å². The quantitative estimate of drug-likeness (QED) is 0.759. The highest BCUT2D eigenvalue weighted by molar-refractivity contribution is 4.93. The molecule has 0 aromatic carbocycles. The number of rotatable bonds is 5. The molecule has 0 aromatic heterocycles. The summed E-state index contributed by atoms with van der Waals surface area (Å²) in [6.07, 6.45) is 3.32. The largest absolute Gasteiger partial charge is 0.381 e. The van der Waals surface area contributed by atoms with Gasteiger partial charge in [-0.1, -0.05) is 6.92 Å². The van der Waals surface area contributed by atoms with Gasteiger partial charge >= 0.3 is 0 Å². The summed E-state index contributed by atoms with van der Waals surface area (Å²) in [6, 6.07) is 0.427. The van der Waals surface area contributed by atoms with E-state index in [1.807, 2.05) is 14.2 Å². The maximum Gasteiger partial charge on any atom is 0.0803 e. The first-order valence-electron chi connectivity index (χ1n) is 5.98. The van der Waals surface area contributed by atoms with E-state index in [0.29, 0.717) is 12.0 Å². The lowest BCUT2D eigenvalue weighted by Gasteiger charge is -2.41. The third kappa shape index (κ3) is 2.92. The lowest BCUT2D eigenvalue weighted by molar-refractivity contribution is -0.0604. The average molecular weight is 215 g/mol. The predicted molar refractivity (Wildman–Crippen MR) is 62.1 cm³/mol. The Bertz CT molecular complexity index is 174. The van der Waals surface area contributed by atoms with Crippen molar-refractivity contribution in [3.63, 3.8) is 0 Å². The molecular weight excluding hydrogens is 190 g/mol. The van der Waals surface area contributed by atoms with E-state index in [2.05, 4.69) is 19.2 Å². The van der Waals surface area contributed by atoms with Crippen LogP contribution in [-0.2, 0) is 9.47 Å². The van der Waals surface area contributed by atoms with Crippen LogP contribution in [0.4, 0.5) is 0 Å². The van der Waals surface area contributed by atoms with Crippen molar-refractivity contribution in [3.05, 3.63) is 0 Å². The second kappa shape index (κ2) is 5.83. The van der Waals surface area contributed by atoms with Crippen LogP contribution >= 0.6 is 0 Å².